The molecular formula is C15H24N2O2. The fourth-order valence-electron chi connectivity index (χ4n) is 2.58. The molecule has 4 nitrogen and oxygen atoms in total. The molecule has 1 fully saturated rings. The summed E-state index contributed by atoms with van der Waals surface area (Å²) < 4.78 is 10.6. The van der Waals surface area contributed by atoms with Gasteiger partial charge >= 0.3 is 0 Å². The van der Waals surface area contributed by atoms with E-state index in [0.29, 0.717) is 6.04 Å². The molecule has 1 aliphatic rings. The van der Waals surface area contributed by atoms with E-state index in [1.54, 1.807) is 14.2 Å². The van der Waals surface area contributed by atoms with E-state index in [1.807, 2.05) is 6.07 Å². The molecule has 0 aliphatic carbocycles. The summed E-state index contributed by atoms with van der Waals surface area (Å²) in [4.78, 5) is 2.49. The summed E-state index contributed by atoms with van der Waals surface area (Å²) in [7, 11) is 3.35. The van der Waals surface area contributed by atoms with E-state index in [-0.39, 0.29) is 0 Å². The molecule has 1 saturated heterocycles. The molecule has 1 atom stereocenters. The van der Waals surface area contributed by atoms with Crippen LogP contribution < -0.4 is 14.8 Å². The van der Waals surface area contributed by atoms with Crippen LogP contribution in [0.1, 0.15) is 18.9 Å². The Morgan fingerprint density at radius 1 is 1.26 bits per heavy atom. The highest BCUT2D eigenvalue weighted by atomic mass is 16.5. The zero-order chi connectivity index (χ0) is 13.7. The molecule has 1 aromatic rings. The molecule has 106 valence electrons. The molecular weight excluding hydrogens is 240 g/mol. The van der Waals surface area contributed by atoms with Crippen LogP contribution >= 0.6 is 0 Å². The van der Waals surface area contributed by atoms with Crippen molar-refractivity contribution in [2.24, 2.45) is 0 Å². The smallest absolute Gasteiger partial charge is 0.161 e. The third-order valence-electron chi connectivity index (χ3n) is 3.53. The second-order valence-corrected chi connectivity index (χ2v) is 5.13. The third-order valence-corrected chi connectivity index (χ3v) is 3.53. The first kappa shape index (κ1) is 14.2. The van der Waals surface area contributed by atoms with Crippen molar-refractivity contribution in [3.63, 3.8) is 0 Å². The van der Waals surface area contributed by atoms with Crippen LogP contribution in [-0.4, -0.2) is 44.8 Å². The summed E-state index contributed by atoms with van der Waals surface area (Å²) in [6, 6.07) is 6.72. The van der Waals surface area contributed by atoms with Gasteiger partial charge in [-0.3, -0.25) is 4.90 Å². The predicted octanol–water partition coefficient (Wildman–Crippen LogP) is 1.89. The van der Waals surface area contributed by atoms with E-state index < -0.39 is 0 Å². The Morgan fingerprint density at radius 3 is 2.79 bits per heavy atom. The third kappa shape index (κ3) is 3.85. The average Bonchev–Trinajstić information content (AvgIpc) is 2.63. The second kappa shape index (κ2) is 6.78. The van der Waals surface area contributed by atoms with Crippen molar-refractivity contribution in [2.45, 2.75) is 25.9 Å². The number of ether oxygens (including phenoxy) is 2. The zero-order valence-corrected chi connectivity index (χ0v) is 12.1. The van der Waals surface area contributed by atoms with E-state index in [2.05, 4.69) is 29.3 Å². The highest BCUT2D eigenvalue weighted by Gasteiger charge is 2.15. The lowest BCUT2D eigenvalue weighted by molar-refractivity contribution is 0.264. The molecule has 0 saturated carbocycles. The van der Waals surface area contributed by atoms with Gasteiger partial charge in [-0.25, -0.2) is 0 Å². The molecule has 1 aliphatic heterocycles. The summed E-state index contributed by atoms with van der Waals surface area (Å²) in [5.41, 5.74) is 1.27. The van der Waals surface area contributed by atoms with Crippen LogP contribution in [0.2, 0.25) is 0 Å². The lowest BCUT2D eigenvalue weighted by atomic mass is 10.1. The molecule has 0 radical (unpaired) electrons. The Hall–Kier alpha value is -1.26. The van der Waals surface area contributed by atoms with Gasteiger partial charge in [0.05, 0.1) is 14.2 Å². The van der Waals surface area contributed by atoms with Crippen molar-refractivity contribution < 1.29 is 9.47 Å². The Labute approximate surface area is 115 Å². The van der Waals surface area contributed by atoms with E-state index >= 15 is 0 Å². The molecule has 1 heterocycles. The molecule has 0 amide bonds. The highest BCUT2D eigenvalue weighted by Crippen LogP contribution is 2.28. The van der Waals surface area contributed by atoms with Crippen molar-refractivity contribution in [1.82, 2.24) is 10.2 Å². The van der Waals surface area contributed by atoms with Crippen molar-refractivity contribution >= 4 is 0 Å². The van der Waals surface area contributed by atoms with Crippen LogP contribution in [0.25, 0.3) is 0 Å². The van der Waals surface area contributed by atoms with Gasteiger partial charge in [-0.1, -0.05) is 6.07 Å². The maximum Gasteiger partial charge on any atom is 0.161 e. The van der Waals surface area contributed by atoms with Gasteiger partial charge in [0.1, 0.15) is 0 Å². The maximum absolute atomic E-state index is 5.36. The lowest BCUT2D eigenvalue weighted by Crippen LogP contribution is -2.34. The number of nitrogens with zero attached hydrogens (tertiary/aromatic N) is 1. The first-order chi connectivity index (χ1) is 9.22. The molecule has 1 unspecified atom stereocenters. The van der Waals surface area contributed by atoms with Crippen molar-refractivity contribution in [1.29, 1.82) is 0 Å². The monoisotopic (exact) mass is 264 g/mol. The standard InChI is InChI=1S/C15H24N2O2/c1-12-10-17(8-4-7-16-12)11-13-5-6-14(18-2)15(9-13)19-3/h5-6,9,12,16H,4,7-8,10-11H2,1-3H3. The number of hydrogen-bond donors (Lipinski definition) is 1. The van der Waals surface area contributed by atoms with Crippen LogP contribution in [-0.2, 0) is 6.54 Å². The molecule has 0 bridgehead atoms. The second-order valence-electron chi connectivity index (χ2n) is 5.13. The van der Waals surface area contributed by atoms with Gasteiger partial charge in [0.25, 0.3) is 0 Å². The van der Waals surface area contributed by atoms with Crippen molar-refractivity contribution in [3.8, 4) is 11.5 Å². The summed E-state index contributed by atoms with van der Waals surface area (Å²) >= 11 is 0. The summed E-state index contributed by atoms with van der Waals surface area (Å²) in [5.74, 6) is 1.60. The van der Waals surface area contributed by atoms with Gasteiger partial charge in [-0.15, -0.1) is 0 Å². The van der Waals surface area contributed by atoms with Crippen LogP contribution in [0.5, 0.6) is 11.5 Å². The maximum atomic E-state index is 5.36. The topological polar surface area (TPSA) is 33.7 Å². The first-order valence-electron chi connectivity index (χ1n) is 6.89. The molecule has 0 spiro atoms. The van der Waals surface area contributed by atoms with Gasteiger partial charge in [0.2, 0.25) is 0 Å². The zero-order valence-electron chi connectivity index (χ0n) is 12.1. The van der Waals surface area contributed by atoms with Gasteiger partial charge in [-0.2, -0.15) is 0 Å². The van der Waals surface area contributed by atoms with E-state index in [4.69, 9.17) is 9.47 Å². The first-order valence-corrected chi connectivity index (χ1v) is 6.89. The van der Waals surface area contributed by atoms with Crippen molar-refractivity contribution in [3.05, 3.63) is 23.8 Å². The Bertz CT molecular complexity index is 409. The number of methoxy groups -OCH3 is 2. The normalized spacial score (nSPS) is 20.9. The van der Waals surface area contributed by atoms with E-state index in [9.17, 15) is 0 Å². The van der Waals surface area contributed by atoms with Crippen LogP contribution in [0.3, 0.4) is 0 Å². The van der Waals surface area contributed by atoms with Gasteiger partial charge in [-0.05, 0) is 44.1 Å². The lowest BCUT2D eigenvalue weighted by Gasteiger charge is -2.22. The SMILES string of the molecule is COc1ccc(CN2CCCNC(C)C2)cc1OC. The van der Waals surface area contributed by atoms with Gasteiger partial charge in [0.15, 0.2) is 11.5 Å². The Morgan fingerprint density at radius 2 is 2.05 bits per heavy atom. The molecule has 2 rings (SSSR count). The van der Waals surface area contributed by atoms with Crippen LogP contribution in [0.15, 0.2) is 18.2 Å². The average molecular weight is 264 g/mol. The minimum absolute atomic E-state index is 0.558. The molecule has 1 N–H and O–H groups in total. The fourth-order valence-corrected chi connectivity index (χ4v) is 2.58. The van der Waals surface area contributed by atoms with E-state index in [1.165, 1.54) is 12.0 Å². The fraction of sp³-hybridized carbons (Fsp3) is 0.600. The summed E-state index contributed by atoms with van der Waals surface area (Å²) in [6.07, 6.45) is 1.21. The van der Waals surface area contributed by atoms with E-state index in [0.717, 1.165) is 37.7 Å². The summed E-state index contributed by atoms with van der Waals surface area (Å²) in [6.45, 7) is 6.56. The Kier molecular flexibility index (Phi) is 5.05. The molecule has 4 heteroatoms. The Balaban J connectivity index is 2.05. The van der Waals surface area contributed by atoms with Crippen molar-refractivity contribution in [2.75, 3.05) is 33.9 Å². The molecule has 0 aromatic heterocycles. The number of rotatable bonds is 4. The number of benzene rings is 1. The van der Waals surface area contributed by atoms with Crippen LogP contribution in [0.4, 0.5) is 0 Å². The minimum atomic E-state index is 0.558. The van der Waals surface area contributed by atoms with Gasteiger partial charge < -0.3 is 14.8 Å². The number of hydrogen-bond acceptors (Lipinski definition) is 4. The summed E-state index contributed by atoms with van der Waals surface area (Å²) in [5, 5.41) is 3.51. The highest BCUT2D eigenvalue weighted by molar-refractivity contribution is 5.42. The van der Waals surface area contributed by atoms with Gasteiger partial charge in [0, 0.05) is 19.1 Å². The minimum Gasteiger partial charge on any atom is -0.493 e. The molecule has 1 aromatic carbocycles. The van der Waals surface area contributed by atoms with Crippen LogP contribution in [0, 0.1) is 0 Å². The molecule has 19 heavy (non-hydrogen) atoms. The quantitative estimate of drug-likeness (QED) is 0.900. The predicted molar refractivity (Wildman–Crippen MR) is 76.9 cm³/mol. The number of nitrogens with one attached hydrogen (secondary N) is 1. The largest absolute Gasteiger partial charge is 0.493 e.